The molecular formula is C8H8Br2O. The fourth-order valence-electron chi connectivity index (χ4n) is 0.740. The van der Waals surface area contributed by atoms with E-state index >= 15 is 0 Å². The summed E-state index contributed by atoms with van der Waals surface area (Å²) in [6, 6.07) is 3.89. The summed E-state index contributed by atoms with van der Waals surface area (Å²) < 4.78 is 7.19. The molecule has 0 unspecified atom stereocenters. The average molecular weight is 280 g/mol. The Morgan fingerprint density at radius 2 is 1.64 bits per heavy atom. The van der Waals surface area contributed by atoms with Crippen LogP contribution in [0.25, 0.3) is 0 Å². The van der Waals surface area contributed by atoms with Crippen molar-refractivity contribution >= 4 is 31.9 Å². The Hall–Kier alpha value is -0.0200. The molecule has 0 radical (unpaired) electrons. The van der Waals surface area contributed by atoms with Gasteiger partial charge in [0.05, 0.1) is 7.11 Å². The number of hydrogen-bond donors (Lipinski definition) is 0. The number of ether oxygens (including phenoxy) is 1. The first-order chi connectivity index (χ1) is 5.15. The maximum absolute atomic E-state index is 5.07. The lowest BCUT2D eigenvalue weighted by molar-refractivity contribution is 0.414. The van der Waals surface area contributed by atoms with Crippen molar-refractivity contribution in [3.05, 3.63) is 26.6 Å². The van der Waals surface area contributed by atoms with Gasteiger partial charge < -0.3 is 4.74 Å². The molecule has 0 amide bonds. The molecule has 0 spiro atoms. The summed E-state index contributed by atoms with van der Waals surface area (Å²) in [6.07, 6.45) is 0. The highest BCUT2D eigenvalue weighted by Crippen LogP contribution is 2.29. The zero-order valence-corrected chi connectivity index (χ0v) is 9.49. The van der Waals surface area contributed by atoms with E-state index in [4.69, 9.17) is 4.74 Å². The van der Waals surface area contributed by atoms with E-state index in [0.29, 0.717) is 0 Å². The second-order valence-electron chi connectivity index (χ2n) is 2.22. The first kappa shape index (κ1) is 9.07. The molecule has 0 atom stereocenters. The minimum absolute atomic E-state index is 0.856. The van der Waals surface area contributed by atoms with Gasteiger partial charge >= 0.3 is 0 Å². The predicted molar refractivity (Wildman–Crippen MR) is 53.1 cm³/mol. The SMILES string of the molecule is COc1cc(Br)c(C)c(Br)c1. The number of methoxy groups -OCH3 is 1. The van der Waals surface area contributed by atoms with Crippen LogP contribution in [-0.4, -0.2) is 7.11 Å². The molecule has 1 rings (SSSR count). The van der Waals surface area contributed by atoms with Crippen molar-refractivity contribution in [2.75, 3.05) is 7.11 Å². The molecule has 0 fully saturated rings. The summed E-state index contributed by atoms with van der Waals surface area (Å²) in [4.78, 5) is 0. The van der Waals surface area contributed by atoms with Gasteiger partial charge in [0.1, 0.15) is 5.75 Å². The largest absolute Gasteiger partial charge is 0.497 e. The summed E-state index contributed by atoms with van der Waals surface area (Å²) >= 11 is 6.86. The molecule has 0 aliphatic heterocycles. The normalized spacial score (nSPS) is 9.82. The van der Waals surface area contributed by atoms with Gasteiger partial charge in [-0.2, -0.15) is 0 Å². The summed E-state index contributed by atoms with van der Waals surface area (Å²) in [5.41, 5.74) is 1.19. The van der Waals surface area contributed by atoms with Crippen LogP contribution in [0, 0.1) is 6.92 Å². The van der Waals surface area contributed by atoms with Crippen LogP contribution in [0.4, 0.5) is 0 Å². The fraction of sp³-hybridized carbons (Fsp3) is 0.250. The first-order valence-corrected chi connectivity index (χ1v) is 4.73. The van der Waals surface area contributed by atoms with Gasteiger partial charge in [0.25, 0.3) is 0 Å². The summed E-state index contributed by atoms with van der Waals surface area (Å²) in [5.74, 6) is 0.856. The molecule has 0 aliphatic rings. The maximum Gasteiger partial charge on any atom is 0.121 e. The van der Waals surface area contributed by atoms with Crippen LogP contribution in [0.15, 0.2) is 21.1 Å². The third-order valence-electron chi connectivity index (χ3n) is 1.49. The van der Waals surface area contributed by atoms with Crippen molar-refractivity contribution in [3.63, 3.8) is 0 Å². The molecule has 3 heteroatoms. The Labute approximate surface area is 83.0 Å². The zero-order valence-electron chi connectivity index (χ0n) is 6.32. The third kappa shape index (κ3) is 1.97. The van der Waals surface area contributed by atoms with Crippen LogP contribution in [0.1, 0.15) is 5.56 Å². The van der Waals surface area contributed by atoms with Crippen LogP contribution >= 0.6 is 31.9 Å². The molecule has 0 aliphatic carbocycles. The monoisotopic (exact) mass is 278 g/mol. The molecule has 0 saturated carbocycles. The van der Waals surface area contributed by atoms with Crippen molar-refractivity contribution in [2.45, 2.75) is 6.92 Å². The molecule has 0 aromatic heterocycles. The van der Waals surface area contributed by atoms with Gasteiger partial charge in [-0.1, -0.05) is 31.9 Å². The molecule has 1 aromatic carbocycles. The summed E-state index contributed by atoms with van der Waals surface area (Å²) in [6.45, 7) is 2.04. The number of halogens is 2. The van der Waals surface area contributed by atoms with Gasteiger partial charge in [0.2, 0.25) is 0 Å². The lowest BCUT2D eigenvalue weighted by Gasteiger charge is -2.04. The van der Waals surface area contributed by atoms with Gasteiger partial charge in [-0.05, 0) is 24.6 Å². The third-order valence-corrected chi connectivity index (χ3v) is 3.14. The molecule has 0 N–H and O–H groups in total. The average Bonchev–Trinajstić information content (AvgIpc) is 1.99. The minimum Gasteiger partial charge on any atom is -0.497 e. The van der Waals surface area contributed by atoms with Gasteiger partial charge in [-0.15, -0.1) is 0 Å². The second kappa shape index (κ2) is 3.59. The van der Waals surface area contributed by atoms with Crippen LogP contribution in [-0.2, 0) is 0 Å². The van der Waals surface area contributed by atoms with Crippen molar-refractivity contribution < 1.29 is 4.74 Å². The standard InChI is InChI=1S/C8H8Br2O/c1-5-7(9)3-6(11-2)4-8(5)10/h3-4H,1-2H3. The molecule has 1 nitrogen and oxygen atoms in total. The Morgan fingerprint density at radius 1 is 1.18 bits per heavy atom. The molecule has 0 heterocycles. The summed E-state index contributed by atoms with van der Waals surface area (Å²) in [7, 11) is 1.66. The molecular weight excluding hydrogens is 272 g/mol. The van der Waals surface area contributed by atoms with E-state index < -0.39 is 0 Å². The fourth-order valence-corrected chi connectivity index (χ4v) is 1.88. The Kier molecular flexibility index (Phi) is 2.96. The van der Waals surface area contributed by atoms with E-state index in [1.165, 1.54) is 5.56 Å². The highest BCUT2D eigenvalue weighted by Gasteiger charge is 2.02. The van der Waals surface area contributed by atoms with Gasteiger partial charge in [0.15, 0.2) is 0 Å². The second-order valence-corrected chi connectivity index (χ2v) is 3.92. The van der Waals surface area contributed by atoms with E-state index in [1.807, 2.05) is 19.1 Å². The molecule has 60 valence electrons. The van der Waals surface area contributed by atoms with Crippen LogP contribution in [0.5, 0.6) is 5.75 Å². The number of rotatable bonds is 1. The van der Waals surface area contributed by atoms with Crippen molar-refractivity contribution in [3.8, 4) is 5.75 Å². The first-order valence-electron chi connectivity index (χ1n) is 3.15. The number of benzene rings is 1. The molecule has 1 aromatic rings. The van der Waals surface area contributed by atoms with Gasteiger partial charge in [0, 0.05) is 8.95 Å². The summed E-state index contributed by atoms with van der Waals surface area (Å²) in [5, 5.41) is 0. The maximum atomic E-state index is 5.07. The van der Waals surface area contributed by atoms with Crippen LogP contribution in [0.3, 0.4) is 0 Å². The molecule has 0 saturated heterocycles. The molecule has 11 heavy (non-hydrogen) atoms. The Balaban J connectivity index is 3.21. The van der Waals surface area contributed by atoms with E-state index in [1.54, 1.807) is 7.11 Å². The van der Waals surface area contributed by atoms with Crippen molar-refractivity contribution in [1.29, 1.82) is 0 Å². The smallest absolute Gasteiger partial charge is 0.121 e. The van der Waals surface area contributed by atoms with Crippen LogP contribution < -0.4 is 4.74 Å². The van der Waals surface area contributed by atoms with Crippen molar-refractivity contribution in [1.82, 2.24) is 0 Å². The van der Waals surface area contributed by atoms with E-state index in [-0.39, 0.29) is 0 Å². The van der Waals surface area contributed by atoms with E-state index in [2.05, 4.69) is 31.9 Å². The van der Waals surface area contributed by atoms with Crippen molar-refractivity contribution in [2.24, 2.45) is 0 Å². The van der Waals surface area contributed by atoms with E-state index in [9.17, 15) is 0 Å². The lowest BCUT2D eigenvalue weighted by Crippen LogP contribution is -1.85. The lowest BCUT2D eigenvalue weighted by atomic mass is 10.2. The van der Waals surface area contributed by atoms with Crippen LogP contribution in [0.2, 0.25) is 0 Å². The Morgan fingerprint density at radius 3 is 2.00 bits per heavy atom. The Bertz CT molecular complexity index is 248. The molecule has 0 bridgehead atoms. The minimum atomic E-state index is 0.856. The van der Waals surface area contributed by atoms with Gasteiger partial charge in [-0.25, -0.2) is 0 Å². The highest BCUT2D eigenvalue weighted by atomic mass is 79.9. The van der Waals surface area contributed by atoms with E-state index in [0.717, 1.165) is 14.7 Å². The topological polar surface area (TPSA) is 9.23 Å². The zero-order chi connectivity index (χ0) is 8.43. The highest BCUT2D eigenvalue weighted by molar-refractivity contribution is 9.11. The number of hydrogen-bond acceptors (Lipinski definition) is 1. The quantitative estimate of drug-likeness (QED) is 0.764. The predicted octanol–water partition coefficient (Wildman–Crippen LogP) is 3.53. The van der Waals surface area contributed by atoms with Gasteiger partial charge in [-0.3, -0.25) is 0 Å².